The normalized spacial score (nSPS) is 21.2. The van der Waals surface area contributed by atoms with E-state index in [4.69, 9.17) is 5.84 Å². The third-order valence-corrected chi connectivity index (χ3v) is 4.91. The quantitative estimate of drug-likeness (QED) is 0.465. The molecule has 0 bridgehead atoms. The fraction of sp³-hybridized carbons (Fsp3) is 0.625. The Morgan fingerprint density at radius 1 is 1.26 bits per heavy atom. The molecule has 1 aliphatic rings. The van der Waals surface area contributed by atoms with Crippen LogP contribution in [0.1, 0.15) is 56.2 Å². The van der Waals surface area contributed by atoms with E-state index in [0.717, 1.165) is 6.42 Å². The van der Waals surface area contributed by atoms with Gasteiger partial charge in [-0.3, -0.25) is 11.3 Å². The highest BCUT2D eigenvalue weighted by Crippen LogP contribution is 2.22. The van der Waals surface area contributed by atoms with Crippen molar-refractivity contribution in [2.24, 2.45) is 5.84 Å². The summed E-state index contributed by atoms with van der Waals surface area (Å²) in [6.07, 6.45) is 13.9. The molecule has 0 radical (unpaired) electrons. The van der Waals surface area contributed by atoms with Gasteiger partial charge in [0.15, 0.2) is 0 Å². The molecule has 0 fully saturated rings. The number of hydrazine groups is 1. The van der Waals surface area contributed by atoms with Crippen LogP contribution in [-0.2, 0) is 6.42 Å². The predicted molar refractivity (Wildman–Crippen MR) is 84.2 cm³/mol. The molecule has 0 aliphatic heterocycles. The van der Waals surface area contributed by atoms with Crippen molar-refractivity contribution in [2.75, 3.05) is 0 Å². The Morgan fingerprint density at radius 2 is 2.16 bits per heavy atom. The van der Waals surface area contributed by atoms with Crippen LogP contribution in [0, 0.1) is 0 Å². The average molecular weight is 278 g/mol. The minimum absolute atomic E-state index is 0.387. The smallest absolute Gasteiger partial charge is 0.0419 e. The van der Waals surface area contributed by atoms with Crippen molar-refractivity contribution in [3.05, 3.63) is 34.0 Å². The van der Waals surface area contributed by atoms with Crippen molar-refractivity contribution in [3.8, 4) is 0 Å². The lowest BCUT2D eigenvalue weighted by Crippen LogP contribution is -2.36. The van der Waals surface area contributed by atoms with Gasteiger partial charge in [-0.2, -0.15) is 0 Å². The minimum atomic E-state index is 0.387. The first-order chi connectivity index (χ1) is 9.40. The molecule has 0 spiro atoms. The van der Waals surface area contributed by atoms with Gasteiger partial charge in [-0.05, 0) is 56.4 Å². The third-order valence-electron chi connectivity index (χ3n) is 3.97. The molecule has 0 aromatic carbocycles. The summed E-state index contributed by atoms with van der Waals surface area (Å²) in [7, 11) is 0. The Hall–Kier alpha value is -0.640. The van der Waals surface area contributed by atoms with Crippen LogP contribution < -0.4 is 11.3 Å². The van der Waals surface area contributed by atoms with Gasteiger partial charge >= 0.3 is 0 Å². The number of allylic oxidation sites excluding steroid dienone is 1. The van der Waals surface area contributed by atoms with Gasteiger partial charge in [0.05, 0.1) is 0 Å². The van der Waals surface area contributed by atoms with E-state index in [1.54, 1.807) is 5.57 Å². The molecule has 106 valence electrons. The Labute approximate surface area is 121 Å². The number of rotatable bonds is 6. The minimum Gasteiger partial charge on any atom is -0.271 e. The molecule has 1 aliphatic carbocycles. The van der Waals surface area contributed by atoms with Gasteiger partial charge in [-0.1, -0.05) is 30.6 Å². The molecule has 19 heavy (non-hydrogen) atoms. The van der Waals surface area contributed by atoms with Crippen LogP contribution >= 0.6 is 11.3 Å². The molecule has 1 aromatic rings. The van der Waals surface area contributed by atoms with Crippen LogP contribution in [0.2, 0.25) is 0 Å². The van der Waals surface area contributed by atoms with Crippen LogP contribution in [0.5, 0.6) is 0 Å². The van der Waals surface area contributed by atoms with E-state index in [0.29, 0.717) is 6.04 Å². The number of nitrogens with two attached hydrogens (primary N) is 1. The SMILES string of the molecule is NNC(CCCc1cccs1)/C1=C/CCCCCC1. The molecule has 2 nitrogen and oxygen atoms in total. The van der Waals surface area contributed by atoms with E-state index in [1.807, 2.05) is 11.3 Å². The highest BCUT2D eigenvalue weighted by molar-refractivity contribution is 7.09. The van der Waals surface area contributed by atoms with Gasteiger partial charge in [-0.25, -0.2) is 0 Å². The molecule has 1 atom stereocenters. The van der Waals surface area contributed by atoms with Gasteiger partial charge < -0.3 is 0 Å². The van der Waals surface area contributed by atoms with Crippen LogP contribution in [0.15, 0.2) is 29.2 Å². The number of hydrogen-bond donors (Lipinski definition) is 2. The van der Waals surface area contributed by atoms with Crippen molar-refractivity contribution in [1.29, 1.82) is 0 Å². The van der Waals surface area contributed by atoms with Gasteiger partial charge in [0.1, 0.15) is 0 Å². The standard InChI is InChI=1S/C16H26N2S/c17-18-16(12-6-10-15-11-7-13-19-15)14-8-4-2-1-3-5-9-14/h7-8,11,13,16,18H,1-6,9-10,12,17H2/b14-8+. The Morgan fingerprint density at radius 3 is 2.95 bits per heavy atom. The molecule has 3 N–H and O–H groups in total. The average Bonchev–Trinajstić information content (AvgIpc) is 2.88. The summed E-state index contributed by atoms with van der Waals surface area (Å²) in [4.78, 5) is 1.49. The lowest BCUT2D eigenvalue weighted by Gasteiger charge is -2.21. The largest absolute Gasteiger partial charge is 0.271 e. The number of nitrogens with one attached hydrogen (secondary N) is 1. The first-order valence-electron chi connectivity index (χ1n) is 7.57. The maximum Gasteiger partial charge on any atom is 0.0419 e. The highest BCUT2D eigenvalue weighted by Gasteiger charge is 2.13. The molecule has 0 amide bonds. The highest BCUT2D eigenvalue weighted by atomic mass is 32.1. The summed E-state index contributed by atoms with van der Waals surface area (Å²) >= 11 is 1.86. The van der Waals surface area contributed by atoms with E-state index in [1.165, 1.54) is 56.2 Å². The maximum absolute atomic E-state index is 5.76. The summed E-state index contributed by atoms with van der Waals surface area (Å²) in [5, 5.41) is 2.16. The van der Waals surface area contributed by atoms with Crippen LogP contribution in [0.25, 0.3) is 0 Å². The van der Waals surface area contributed by atoms with Gasteiger partial charge in [0.2, 0.25) is 0 Å². The topological polar surface area (TPSA) is 38.0 Å². The summed E-state index contributed by atoms with van der Waals surface area (Å²) < 4.78 is 0. The molecular weight excluding hydrogens is 252 g/mol. The first kappa shape index (κ1) is 14.8. The fourth-order valence-corrected chi connectivity index (χ4v) is 3.60. The summed E-state index contributed by atoms with van der Waals surface area (Å²) in [5.41, 5.74) is 4.58. The zero-order chi connectivity index (χ0) is 13.3. The molecule has 1 heterocycles. The Kier molecular flexibility index (Phi) is 6.62. The van der Waals surface area contributed by atoms with Crippen LogP contribution in [-0.4, -0.2) is 6.04 Å². The number of aryl methyl sites for hydroxylation is 1. The van der Waals surface area contributed by atoms with Gasteiger partial charge in [0.25, 0.3) is 0 Å². The fourth-order valence-electron chi connectivity index (χ4n) is 2.84. The van der Waals surface area contributed by atoms with Gasteiger partial charge in [0, 0.05) is 10.9 Å². The Balaban J connectivity index is 1.80. The van der Waals surface area contributed by atoms with E-state index in [2.05, 4.69) is 29.0 Å². The molecule has 3 heteroatoms. The third kappa shape index (κ3) is 5.09. The number of hydrogen-bond acceptors (Lipinski definition) is 3. The van der Waals surface area contributed by atoms with Crippen LogP contribution in [0.3, 0.4) is 0 Å². The van der Waals surface area contributed by atoms with E-state index in [9.17, 15) is 0 Å². The van der Waals surface area contributed by atoms with Crippen LogP contribution in [0.4, 0.5) is 0 Å². The summed E-state index contributed by atoms with van der Waals surface area (Å²) in [6.45, 7) is 0. The second kappa shape index (κ2) is 8.51. The second-order valence-electron chi connectivity index (χ2n) is 5.42. The van der Waals surface area contributed by atoms with Crippen molar-refractivity contribution < 1.29 is 0 Å². The van der Waals surface area contributed by atoms with E-state index < -0.39 is 0 Å². The van der Waals surface area contributed by atoms with E-state index >= 15 is 0 Å². The summed E-state index contributed by atoms with van der Waals surface area (Å²) in [5.74, 6) is 5.76. The molecule has 0 saturated carbocycles. The lowest BCUT2D eigenvalue weighted by atomic mass is 9.92. The molecule has 0 saturated heterocycles. The molecule has 1 unspecified atom stereocenters. The predicted octanol–water partition coefficient (Wildman–Crippen LogP) is 4.18. The maximum atomic E-state index is 5.76. The molecule has 1 aromatic heterocycles. The van der Waals surface area contributed by atoms with Crippen molar-refractivity contribution in [3.63, 3.8) is 0 Å². The lowest BCUT2D eigenvalue weighted by molar-refractivity contribution is 0.501. The monoisotopic (exact) mass is 278 g/mol. The zero-order valence-electron chi connectivity index (χ0n) is 11.7. The zero-order valence-corrected chi connectivity index (χ0v) is 12.6. The van der Waals surface area contributed by atoms with Gasteiger partial charge in [-0.15, -0.1) is 11.3 Å². The summed E-state index contributed by atoms with van der Waals surface area (Å²) in [6, 6.07) is 4.75. The second-order valence-corrected chi connectivity index (χ2v) is 6.46. The van der Waals surface area contributed by atoms with E-state index in [-0.39, 0.29) is 0 Å². The van der Waals surface area contributed by atoms with Crippen molar-refractivity contribution >= 4 is 11.3 Å². The molecule has 2 rings (SSSR count). The molecular formula is C16H26N2S. The first-order valence-corrected chi connectivity index (χ1v) is 8.45. The van der Waals surface area contributed by atoms with Crippen molar-refractivity contribution in [1.82, 2.24) is 5.43 Å². The number of thiophene rings is 1. The Bertz CT molecular complexity index is 370. The van der Waals surface area contributed by atoms with Crippen molar-refractivity contribution in [2.45, 2.75) is 63.8 Å².